The number of benzene rings is 1. The number of guanidine groups is 1. The smallest absolute Gasteiger partial charge is 0.191 e. The number of aromatic nitrogens is 1. The van der Waals surface area contributed by atoms with E-state index in [4.69, 9.17) is 4.74 Å². The molecule has 1 heterocycles. The fourth-order valence-electron chi connectivity index (χ4n) is 2.02. The van der Waals surface area contributed by atoms with E-state index in [1.807, 2.05) is 13.8 Å². The zero-order valence-electron chi connectivity index (χ0n) is 14.8. The van der Waals surface area contributed by atoms with Gasteiger partial charge in [0.1, 0.15) is 22.7 Å². The summed E-state index contributed by atoms with van der Waals surface area (Å²) in [6.07, 6.45) is -0.0848. The molecule has 8 heteroatoms. The van der Waals surface area contributed by atoms with Crippen molar-refractivity contribution in [2.45, 2.75) is 33.4 Å². The fourth-order valence-corrected chi connectivity index (χ4v) is 2.90. The van der Waals surface area contributed by atoms with Gasteiger partial charge in [-0.3, -0.25) is 4.99 Å². The Morgan fingerprint density at radius 2 is 1.96 bits per heavy atom. The van der Waals surface area contributed by atoms with E-state index in [2.05, 4.69) is 27.5 Å². The van der Waals surface area contributed by atoms with Crippen LogP contribution in [0.4, 0.5) is 4.39 Å². The molecule has 1 atom stereocenters. The summed E-state index contributed by atoms with van der Waals surface area (Å²) < 4.78 is 18.6. The first-order valence-electron chi connectivity index (χ1n) is 7.77. The topological polar surface area (TPSA) is 58.5 Å². The lowest BCUT2D eigenvalue weighted by Gasteiger charge is -2.17. The zero-order valence-corrected chi connectivity index (χ0v) is 17.9. The molecule has 5 nitrogen and oxygen atoms in total. The first-order valence-corrected chi connectivity index (χ1v) is 8.59. The number of hydrogen-bond acceptors (Lipinski definition) is 4. The Kier molecular flexibility index (Phi) is 9.12. The molecule has 25 heavy (non-hydrogen) atoms. The molecule has 0 amide bonds. The summed E-state index contributed by atoms with van der Waals surface area (Å²) >= 11 is 1.68. The number of nitrogens with one attached hydrogen (secondary N) is 2. The monoisotopic (exact) mass is 478 g/mol. The second kappa shape index (κ2) is 10.5. The summed E-state index contributed by atoms with van der Waals surface area (Å²) in [4.78, 5) is 9.91. The van der Waals surface area contributed by atoms with Crippen LogP contribution in [0.15, 0.2) is 29.3 Å². The maximum atomic E-state index is 12.9. The van der Waals surface area contributed by atoms with E-state index in [-0.39, 0.29) is 35.9 Å². The van der Waals surface area contributed by atoms with Gasteiger partial charge in [-0.1, -0.05) is 0 Å². The standard InChI is InChI=1S/C17H23FN4OS.HI/c1-11(23-15-7-5-14(18)6-8-15)9-20-17(19-4)21-10-16-22-12(2)13(3)24-16;/h5-8,11H,9-10H2,1-4H3,(H2,19,20,21);1H. The largest absolute Gasteiger partial charge is 0.489 e. The minimum atomic E-state index is -0.273. The van der Waals surface area contributed by atoms with Crippen molar-refractivity contribution < 1.29 is 9.13 Å². The van der Waals surface area contributed by atoms with Crippen LogP contribution < -0.4 is 15.4 Å². The molecule has 0 fully saturated rings. The van der Waals surface area contributed by atoms with E-state index in [0.717, 1.165) is 10.7 Å². The number of ether oxygens (including phenoxy) is 1. The van der Waals surface area contributed by atoms with Crippen LogP contribution in [0.3, 0.4) is 0 Å². The average Bonchev–Trinajstić information content (AvgIpc) is 2.88. The van der Waals surface area contributed by atoms with Gasteiger partial charge in [0.25, 0.3) is 0 Å². The molecule has 0 saturated carbocycles. The molecular formula is C17H24FIN4OS. The highest BCUT2D eigenvalue weighted by atomic mass is 127. The fraction of sp³-hybridized carbons (Fsp3) is 0.412. The Hall–Kier alpha value is -1.42. The van der Waals surface area contributed by atoms with Gasteiger partial charge in [-0.25, -0.2) is 9.37 Å². The highest BCUT2D eigenvalue weighted by Gasteiger charge is 2.08. The van der Waals surface area contributed by atoms with Gasteiger partial charge in [0.05, 0.1) is 18.8 Å². The van der Waals surface area contributed by atoms with Crippen molar-refractivity contribution in [3.8, 4) is 5.75 Å². The van der Waals surface area contributed by atoms with Crippen molar-refractivity contribution in [2.24, 2.45) is 4.99 Å². The molecule has 1 aromatic heterocycles. The van der Waals surface area contributed by atoms with Gasteiger partial charge in [-0.05, 0) is 45.0 Å². The lowest BCUT2D eigenvalue weighted by molar-refractivity contribution is 0.223. The molecule has 2 aromatic rings. The van der Waals surface area contributed by atoms with Crippen molar-refractivity contribution in [1.82, 2.24) is 15.6 Å². The molecule has 0 bridgehead atoms. The number of hydrogen-bond donors (Lipinski definition) is 2. The van der Waals surface area contributed by atoms with Crippen LogP contribution in [0.1, 0.15) is 22.5 Å². The van der Waals surface area contributed by atoms with Gasteiger partial charge in [-0.15, -0.1) is 35.3 Å². The van der Waals surface area contributed by atoms with Crippen molar-refractivity contribution >= 4 is 41.3 Å². The summed E-state index contributed by atoms with van der Waals surface area (Å²) in [6, 6.07) is 6.00. The third kappa shape index (κ3) is 7.15. The van der Waals surface area contributed by atoms with Crippen LogP contribution >= 0.6 is 35.3 Å². The molecule has 0 spiro atoms. The van der Waals surface area contributed by atoms with E-state index >= 15 is 0 Å². The van der Waals surface area contributed by atoms with Crippen molar-refractivity contribution in [3.05, 3.63) is 45.7 Å². The summed E-state index contributed by atoms with van der Waals surface area (Å²) in [5, 5.41) is 7.47. The average molecular weight is 478 g/mol. The molecule has 0 radical (unpaired) electrons. The number of aryl methyl sites for hydroxylation is 2. The van der Waals surface area contributed by atoms with Gasteiger partial charge in [-0.2, -0.15) is 0 Å². The molecule has 1 aromatic carbocycles. The van der Waals surface area contributed by atoms with Crippen LogP contribution in [-0.4, -0.2) is 30.6 Å². The molecule has 0 saturated heterocycles. The van der Waals surface area contributed by atoms with Crippen LogP contribution in [-0.2, 0) is 6.54 Å². The Labute approximate surface area is 169 Å². The third-order valence-electron chi connectivity index (χ3n) is 3.41. The van der Waals surface area contributed by atoms with Crippen LogP contribution in [0.25, 0.3) is 0 Å². The molecule has 2 N–H and O–H groups in total. The molecule has 2 rings (SSSR count). The maximum Gasteiger partial charge on any atom is 0.191 e. The lowest BCUT2D eigenvalue weighted by Crippen LogP contribution is -2.41. The van der Waals surface area contributed by atoms with Gasteiger partial charge in [0.15, 0.2) is 5.96 Å². The van der Waals surface area contributed by atoms with E-state index in [0.29, 0.717) is 24.8 Å². The van der Waals surface area contributed by atoms with Crippen molar-refractivity contribution in [1.29, 1.82) is 0 Å². The van der Waals surface area contributed by atoms with Crippen LogP contribution in [0.2, 0.25) is 0 Å². The summed E-state index contributed by atoms with van der Waals surface area (Å²) in [5.74, 6) is 1.06. The Bertz CT molecular complexity index is 671. The highest BCUT2D eigenvalue weighted by Crippen LogP contribution is 2.16. The predicted octanol–water partition coefficient (Wildman–Crippen LogP) is 3.65. The number of nitrogens with zero attached hydrogens (tertiary/aromatic N) is 2. The van der Waals surface area contributed by atoms with Gasteiger partial charge in [0.2, 0.25) is 0 Å². The SMILES string of the molecule is CN=C(NCc1nc(C)c(C)s1)NCC(C)Oc1ccc(F)cc1.I. The minimum Gasteiger partial charge on any atom is -0.489 e. The molecule has 0 aliphatic rings. The number of thiazole rings is 1. The van der Waals surface area contributed by atoms with Crippen LogP contribution in [0, 0.1) is 19.7 Å². The van der Waals surface area contributed by atoms with E-state index in [9.17, 15) is 4.39 Å². The van der Waals surface area contributed by atoms with Gasteiger partial charge < -0.3 is 15.4 Å². The maximum absolute atomic E-state index is 12.9. The summed E-state index contributed by atoms with van der Waals surface area (Å²) in [5.41, 5.74) is 1.07. The number of aliphatic imine (C=N–C) groups is 1. The summed E-state index contributed by atoms with van der Waals surface area (Å²) in [6.45, 7) is 7.23. The van der Waals surface area contributed by atoms with E-state index in [1.54, 1.807) is 30.5 Å². The number of halogens is 2. The minimum absolute atomic E-state index is 0. The predicted molar refractivity (Wildman–Crippen MR) is 112 cm³/mol. The zero-order chi connectivity index (χ0) is 17.5. The second-order valence-electron chi connectivity index (χ2n) is 5.44. The second-order valence-corrected chi connectivity index (χ2v) is 6.73. The Balaban J connectivity index is 0.00000312. The quantitative estimate of drug-likeness (QED) is 0.378. The first kappa shape index (κ1) is 21.6. The van der Waals surface area contributed by atoms with Gasteiger partial charge in [0, 0.05) is 11.9 Å². The normalized spacial score (nSPS) is 12.3. The molecule has 0 aliphatic carbocycles. The molecule has 138 valence electrons. The van der Waals surface area contributed by atoms with E-state index in [1.165, 1.54) is 17.0 Å². The lowest BCUT2D eigenvalue weighted by atomic mass is 10.3. The molecule has 1 unspecified atom stereocenters. The van der Waals surface area contributed by atoms with E-state index < -0.39 is 0 Å². The van der Waals surface area contributed by atoms with Crippen molar-refractivity contribution in [3.63, 3.8) is 0 Å². The first-order chi connectivity index (χ1) is 11.5. The summed E-state index contributed by atoms with van der Waals surface area (Å²) in [7, 11) is 1.72. The van der Waals surface area contributed by atoms with Crippen molar-refractivity contribution in [2.75, 3.05) is 13.6 Å². The highest BCUT2D eigenvalue weighted by molar-refractivity contribution is 14.0. The number of rotatable bonds is 6. The van der Waals surface area contributed by atoms with Crippen LogP contribution in [0.5, 0.6) is 5.75 Å². The van der Waals surface area contributed by atoms with Gasteiger partial charge >= 0.3 is 0 Å². The third-order valence-corrected chi connectivity index (χ3v) is 4.48. The molecular weight excluding hydrogens is 454 g/mol. The molecule has 0 aliphatic heterocycles. The Morgan fingerprint density at radius 1 is 1.28 bits per heavy atom. The Morgan fingerprint density at radius 3 is 2.52 bits per heavy atom.